The molecule has 0 fully saturated rings. The van der Waals surface area contributed by atoms with Crippen molar-refractivity contribution >= 4 is 17.7 Å². The van der Waals surface area contributed by atoms with E-state index in [4.69, 9.17) is 9.84 Å². The lowest BCUT2D eigenvalue weighted by Crippen LogP contribution is -2.27. The van der Waals surface area contributed by atoms with Crippen LogP contribution in [-0.2, 0) is 4.74 Å². The Hall–Kier alpha value is -2.24. The van der Waals surface area contributed by atoms with Gasteiger partial charge in [0.2, 0.25) is 0 Å². The Kier molecular flexibility index (Phi) is 4.04. The monoisotopic (exact) mass is 267 g/mol. The molecule has 0 aliphatic heterocycles. The zero-order valence-corrected chi connectivity index (χ0v) is 11.3. The number of amides is 1. The Labute approximate surface area is 111 Å². The van der Waals surface area contributed by atoms with Crippen LogP contribution >= 0.6 is 0 Å². The number of benzene rings is 1. The fourth-order valence-corrected chi connectivity index (χ4v) is 1.49. The average molecular weight is 267 g/mol. The van der Waals surface area contributed by atoms with E-state index in [2.05, 4.69) is 5.32 Å². The molecular weight excluding hydrogens is 250 g/mol. The Morgan fingerprint density at radius 2 is 1.84 bits per heavy atom. The number of phenols is 1. The van der Waals surface area contributed by atoms with Gasteiger partial charge in [-0.2, -0.15) is 0 Å². The standard InChI is InChI=1S/C13H17NO5/c1-7-8(11(16)17)5-6-9(15)10(7)14-12(18)19-13(2,3)4/h5-6,15H,1-4H3,(H,14,18)(H,16,17). The molecule has 0 bridgehead atoms. The van der Waals surface area contributed by atoms with Crippen LogP contribution in [0.5, 0.6) is 5.75 Å². The van der Waals surface area contributed by atoms with Gasteiger partial charge in [0, 0.05) is 0 Å². The average Bonchev–Trinajstić information content (AvgIpc) is 2.21. The van der Waals surface area contributed by atoms with Gasteiger partial charge >= 0.3 is 12.1 Å². The molecule has 0 saturated heterocycles. The van der Waals surface area contributed by atoms with Crippen molar-refractivity contribution in [2.75, 3.05) is 5.32 Å². The molecule has 0 aromatic heterocycles. The molecule has 19 heavy (non-hydrogen) atoms. The molecular formula is C13H17NO5. The molecule has 104 valence electrons. The molecule has 0 saturated carbocycles. The molecule has 6 nitrogen and oxygen atoms in total. The Balaban J connectivity index is 3.04. The number of carboxylic acids is 1. The highest BCUT2D eigenvalue weighted by atomic mass is 16.6. The number of hydrogen-bond acceptors (Lipinski definition) is 4. The van der Waals surface area contributed by atoms with Gasteiger partial charge in [-0.3, -0.25) is 5.32 Å². The maximum absolute atomic E-state index is 11.6. The summed E-state index contributed by atoms with van der Waals surface area (Å²) in [7, 11) is 0. The molecule has 6 heteroatoms. The summed E-state index contributed by atoms with van der Waals surface area (Å²) in [5.74, 6) is -1.35. The van der Waals surface area contributed by atoms with Crippen LogP contribution in [0.1, 0.15) is 36.7 Å². The number of anilines is 1. The van der Waals surface area contributed by atoms with Crippen molar-refractivity contribution in [1.29, 1.82) is 0 Å². The van der Waals surface area contributed by atoms with Crippen molar-refractivity contribution in [3.8, 4) is 5.75 Å². The highest BCUT2D eigenvalue weighted by Gasteiger charge is 2.20. The molecule has 1 aromatic rings. The number of aromatic hydroxyl groups is 1. The number of carbonyl (C=O) groups is 2. The van der Waals surface area contributed by atoms with E-state index in [0.29, 0.717) is 0 Å². The molecule has 0 heterocycles. The van der Waals surface area contributed by atoms with Crippen molar-refractivity contribution in [2.24, 2.45) is 0 Å². The smallest absolute Gasteiger partial charge is 0.412 e. The van der Waals surface area contributed by atoms with Gasteiger partial charge in [-0.05, 0) is 45.4 Å². The van der Waals surface area contributed by atoms with E-state index in [9.17, 15) is 14.7 Å². The predicted octanol–water partition coefficient (Wildman–Crippen LogP) is 2.75. The number of carbonyl (C=O) groups excluding carboxylic acids is 1. The third kappa shape index (κ3) is 3.87. The minimum absolute atomic E-state index is 0.00357. The van der Waals surface area contributed by atoms with Crippen molar-refractivity contribution in [3.05, 3.63) is 23.3 Å². The fraction of sp³-hybridized carbons (Fsp3) is 0.385. The largest absolute Gasteiger partial charge is 0.506 e. The summed E-state index contributed by atoms with van der Waals surface area (Å²) in [4.78, 5) is 22.6. The number of ether oxygens (including phenoxy) is 1. The number of nitrogens with one attached hydrogen (secondary N) is 1. The van der Waals surface area contributed by atoms with Crippen molar-refractivity contribution in [1.82, 2.24) is 0 Å². The first kappa shape index (κ1) is 14.8. The highest BCUT2D eigenvalue weighted by Crippen LogP contribution is 2.30. The zero-order chi connectivity index (χ0) is 14.8. The van der Waals surface area contributed by atoms with Gasteiger partial charge in [-0.25, -0.2) is 9.59 Å². The van der Waals surface area contributed by atoms with Crippen LogP contribution in [0.4, 0.5) is 10.5 Å². The van der Waals surface area contributed by atoms with E-state index in [1.54, 1.807) is 20.8 Å². The lowest BCUT2D eigenvalue weighted by molar-refractivity contribution is 0.0632. The second-order valence-corrected chi connectivity index (χ2v) is 5.06. The maximum atomic E-state index is 11.6. The summed E-state index contributed by atoms with van der Waals surface area (Å²) < 4.78 is 5.04. The van der Waals surface area contributed by atoms with Gasteiger partial charge in [0.15, 0.2) is 0 Å². The summed E-state index contributed by atoms with van der Waals surface area (Å²) in [6, 6.07) is 2.48. The lowest BCUT2D eigenvalue weighted by Gasteiger charge is -2.20. The minimum atomic E-state index is -1.13. The molecule has 0 aliphatic rings. The molecule has 1 aromatic carbocycles. The number of aromatic carboxylic acids is 1. The number of phenolic OH excluding ortho intramolecular Hbond substituents is 1. The van der Waals surface area contributed by atoms with Crippen LogP contribution in [0.3, 0.4) is 0 Å². The topological polar surface area (TPSA) is 95.9 Å². The molecule has 0 aliphatic carbocycles. The van der Waals surface area contributed by atoms with Crippen molar-refractivity contribution in [2.45, 2.75) is 33.3 Å². The van der Waals surface area contributed by atoms with Gasteiger partial charge in [0.25, 0.3) is 0 Å². The Bertz CT molecular complexity index is 517. The first-order valence-corrected chi connectivity index (χ1v) is 5.67. The van der Waals surface area contributed by atoms with E-state index < -0.39 is 17.7 Å². The highest BCUT2D eigenvalue weighted by molar-refractivity contribution is 5.95. The predicted molar refractivity (Wildman–Crippen MR) is 69.7 cm³/mol. The van der Waals surface area contributed by atoms with Crippen LogP contribution in [0.15, 0.2) is 12.1 Å². The number of rotatable bonds is 2. The fourth-order valence-electron chi connectivity index (χ4n) is 1.49. The summed E-state index contributed by atoms with van der Waals surface area (Å²) in [6.07, 6.45) is -0.756. The van der Waals surface area contributed by atoms with E-state index in [1.165, 1.54) is 19.1 Å². The zero-order valence-electron chi connectivity index (χ0n) is 11.3. The molecule has 0 atom stereocenters. The van der Waals surface area contributed by atoms with E-state index in [-0.39, 0.29) is 22.6 Å². The van der Waals surface area contributed by atoms with Crippen LogP contribution in [0.25, 0.3) is 0 Å². The van der Waals surface area contributed by atoms with Crippen LogP contribution < -0.4 is 5.32 Å². The van der Waals surface area contributed by atoms with Gasteiger partial charge < -0.3 is 14.9 Å². The van der Waals surface area contributed by atoms with Gasteiger partial charge in [0.05, 0.1) is 11.3 Å². The minimum Gasteiger partial charge on any atom is -0.506 e. The van der Waals surface area contributed by atoms with Gasteiger partial charge in [-0.15, -0.1) is 0 Å². The summed E-state index contributed by atoms with van der Waals surface area (Å²) in [5.41, 5.74) is -0.380. The Morgan fingerprint density at radius 1 is 1.26 bits per heavy atom. The first-order chi connectivity index (χ1) is 8.61. The van der Waals surface area contributed by atoms with Crippen LogP contribution in [0.2, 0.25) is 0 Å². The first-order valence-electron chi connectivity index (χ1n) is 5.67. The van der Waals surface area contributed by atoms with Crippen LogP contribution in [0, 0.1) is 6.92 Å². The molecule has 0 unspecified atom stereocenters. The van der Waals surface area contributed by atoms with Gasteiger partial charge in [-0.1, -0.05) is 0 Å². The second kappa shape index (κ2) is 5.17. The number of carboxylic acid groups (broad SMARTS) is 1. The molecule has 3 N–H and O–H groups in total. The summed E-state index contributed by atoms with van der Waals surface area (Å²) >= 11 is 0. The van der Waals surface area contributed by atoms with Crippen molar-refractivity contribution in [3.63, 3.8) is 0 Å². The maximum Gasteiger partial charge on any atom is 0.412 e. The quantitative estimate of drug-likeness (QED) is 0.716. The van der Waals surface area contributed by atoms with Crippen molar-refractivity contribution < 1.29 is 24.5 Å². The third-order valence-electron chi connectivity index (χ3n) is 2.30. The van der Waals surface area contributed by atoms with E-state index >= 15 is 0 Å². The molecule has 0 radical (unpaired) electrons. The second-order valence-electron chi connectivity index (χ2n) is 5.06. The Morgan fingerprint density at radius 3 is 2.32 bits per heavy atom. The summed E-state index contributed by atoms with van der Waals surface area (Å²) in [6.45, 7) is 6.60. The number of hydrogen-bond donors (Lipinski definition) is 3. The van der Waals surface area contributed by atoms with Gasteiger partial charge in [0.1, 0.15) is 11.4 Å². The normalized spacial score (nSPS) is 10.9. The molecule has 0 spiro atoms. The summed E-state index contributed by atoms with van der Waals surface area (Å²) in [5, 5.41) is 21.0. The van der Waals surface area contributed by atoms with Crippen LogP contribution in [-0.4, -0.2) is 27.9 Å². The SMILES string of the molecule is Cc1c(C(=O)O)ccc(O)c1NC(=O)OC(C)(C)C. The molecule has 1 amide bonds. The molecule has 1 rings (SSSR count). The van der Waals surface area contributed by atoms with E-state index in [0.717, 1.165) is 0 Å². The third-order valence-corrected chi connectivity index (χ3v) is 2.30. The lowest BCUT2D eigenvalue weighted by atomic mass is 10.1. The van der Waals surface area contributed by atoms with E-state index in [1.807, 2.05) is 0 Å².